The summed E-state index contributed by atoms with van der Waals surface area (Å²) in [5, 5.41) is 21.8. The molecule has 2 heterocycles. The maximum absolute atomic E-state index is 13.0. The lowest BCUT2D eigenvalue weighted by atomic mass is 10.1. The molecular weight excluding hydrogens is 481 g/mol. The average Bonchev–Trinajstić information content (AvgIpc) is 3.24. The lowest BCUT2D eigenvalue weighted by Gasteiger charge is -1.98. The summed E-state index contributed by atoms with van der Waals surface area (Å²) in [6.07, 6.45) is 0. The first-order valence-corrected chi connectivity index (χ1v) is 11.4. The molecule has 4 rings (SSSR count). The standard InChI is InChI=1S/C22H19Cl2N7OS/c1-11-7-12(2)9-16(8-11)26-28-19-13(3)30-31(21(19)32)22-25-14(4)20(33-22)29-27-18-6-5-15(23)10-17(18)24/h5-10,30H,1-4H3. The maximum atomic E-state index is 13.0. The molecular formula is C22H19Cl2N7OS. The second kappa shape index (κ2) is 9.38. The normalized spacial score (nSPS) is 11.8. The molecule has 0 aliphatic carbocycles. The lowest BCUT2D eigenvalue weighted by Crippen LogP contribution is -2.13. The largest absolute Gasteiger partial charge is 0.301 e. The van der Waals surface area contributed by atoms with E-state index in [9.17, 15) is 4.79 Å². The fourth-order valence-corrected chi connectivity index (χ4v) is 4.43. The van der Waals surface area contributed by atoms with Gasteiger partial charge in [0.2, 0.25) is 5.13 Å². The Morgan fingerprint density at radius 3 is 2.36 bits per heavy atom. The van der Waals surface area contributed by atoms with Gasteiger partial charge in [0, 0.05) is 5.02 Å². The molecule has 0 aliphatic heterocycles. The van der Waals surface area contributed by atoms with Crippen molar-refractivity contribution in [3.63, 3.8) is 0 Å². The van der Waals surface area contributed by atoms with E-state index < -0.39 is 0 Å². The highest BCUT2D eigenvalue weighted by atomic mass is 35.5. The molecule has 1 N–H and O–H groups in total. The van der Waals surface area contributed by atoms with Gasteiger partial charge in [-0.1, -0.05) is 40.6 Å². The molecule has 0 bridgehead atoms. The van der Waals surface area contributed by atoms with Crippen molar-refractivity contribution < 1.29 is 0 Å². The van der Waals surface area contributed by atoms with Crippen LogP contribution in [0.3, 0.4) is 0 Å². The van der Waals surface area contributed by atoms with Crippen LogP contribution in [-0.2, 0) is 0 Å². The summed E-state index contributed by atoms with van der Waals surface area (Å²) in [4.78, 5) is 17.4. The molecule has 4 aromatic rings. The Hall–Kier alpha value is -3.14. The predicted molar refractivity (Wildman–Crippen MR) is 132 cm³/mol. The van der Waals surface area contributed by atoms with E-state index in [-0.39, 0.29) is 11.2 Å². The van der Waals surface area contributed by atoms with Crippen molar-refractivity contribution in [3.05, 3.63) is 79.3 Å². The molecule has 0 atom stereocenters. The van der Waals surface area contributed by atoms with Crippen LogP contribution in [0.25, 0.3) is 5.13 Å². The number of thiazole rings is 1. The number of H-pyrrole nitrogens is 1. The van der Waals surface area contributed by atoms with Crippen molar-refractivity contribution in [2.24, 2.45) is 20.5 Å². The minimum Gasteiger partial charge on any atom is -0.291 e. The third-order valence-corrected chi connectivity index (χ3v) is 6.19. The second-order valence-corrected chi connectivity index (χ2v) is 9.25. The Balaban J connectivity index is 1.63. The minimum absolute atomic E-state index is 0.220. The van der Waals surface area contributed by atoms with E-state index in [1.165, 1.54) is 16.0 Å². The first kappa shape index (κ1) is 23.0. The fraction of sp³-hybridized carbons (Fsp3) is 0.182. The molecule has 8 nitrogen and oxygen atoms in total. The van der Waals surface area contributed by atoms with Crippen molar-refractivity contribution in [3.8, 4) is 5.13 Å². The number of hydrogen-bond donors (Lipinski definition) is 1. The van der Waals surface area contributed by atoms with Gasteiger partial charge >= 0.3 is 5.56 Å². The zero-order valence-corrected chi connectivity index (χ0v) is 20.5. The highest BCUT2D eigenvalue weighted by molar-refractivity contribution is 7.17. The molecule has 168 valence electrons. The summed E-state index contributed by atoms with van der Waals surface area (Å²) >= 11 is 13.3. The first-order chi connectivity index (χ1) is 15.7. The highest BCUT2D eigenvalue weighted by Gasteiger charge is 2.17. The number of nitrogens with zero attached hydrogens (tertiary/aromatic N) is 6. The van der Waals surface area contributed by atoms with Gasteiger partial charge < -0.3 is 0 Å². The van der Waals surface area contributed by atoms with E-state index in [4.69, 9.17) is 23.2 Å². The Morgan fingerprint density at radius 1 is 0.939 bits per heavy atom. The number of hydrogen-bond acceptors (Lipinski definition) is 7. The Labute approximate surface area is 203 Å². The molecule has 0 aliphatic rings. The molecule has 0 saturated heterocycles. The topological polar surface area (TPSA) is 100 Å². The van der Waals surface area contributed by atoms with Crippen LogP contribution in [0.1, 0.15) is 22.5 Å². The van der Waals surface area contributed by atoms with Gasteiger partial charge in [-0.25, -0.2) is 4.98 Å². The van der Waals surface area contributed by atoms with Gasteiger partial charge in [0.1, 0.15) is 5.69 Å². The minimum atomic E-state index is -0.349. The molecule has 2 aromatic carbocycles. The van der Waals surface area contributed by atoms with Gasteiger partial charge in [-0.05, 0) is 69.2 Å². The molecule has 0 saturated carbocycles. The van der Waals surface area contributed by atoms with Gasteiger partial charge in [-0.15, -0.1) is 15.3 Å². The summed E-state index contributed by atoms with van der Waals surface area (Å²) in [5.41, 5.74) is 4.40. The average molecular weight is 500 g/mol. The zero-order chi connectivity index (χ0) is 23.7. The molecule has 11 heteroatoms. The number of benzene rings is 2. The van der Waals surface area contributed by atoms with Crippen LogP contribution in [-0.4, -0.2) is 14.8 Å². The molecule has 0 radical (unpaired) electrons. The van der Waals surface area contributed by atoms with Crippen molar-refractivity contribution in [1.29, 1.82) is 0 Å². The second-order valence-electron chi connectivity index (χ2n) is 7.45. The van der Waals surface area contributed by atoms with Gasteiger partial charge in [0.05, 0.1) is 22.1 Å². The molecule has 2 aromatic heterocycles. The van der Waals surface area contributed by atoms with Gasteiger partial charge in [-0.3, -0.25) is 9.89 Å². The van der Waals surface area contributed by atoms with Gasteiger partial charge in [-0.2, -0.15) is 9.80 Å². The van der Waals surface area contributed by atoms with Crippen LogP contribution in [0.4, 0.5) is 22.1 Å². The number of rotatable bonds is 5. The Kier molecular flexibility index (Phi) is 6.55. The SMILES string of the molecule is Cc1cc(C)cc(N=Nc2c(C)[nH]n(-c3nc(C)c(N=Nc4ccc(Cl)cc4Cl)s3)c2=O)c1. The summed E-state index contributed by atoms with van der Waals surface area (Å²) in [5.74, 6) is 0. The quantitative estimate of drug-likeness (QED) is 0.281. The summed E-state index contributed by atoms with van der Waals surface area (Å²) < 4.78 is 1.33. The monoisotopic (exact) mass is 499 g/mol. The predicted octanol–water partition coefficient (Wildman–Crippen LogP) is 7.99. The van der Waals surface area contributed by atoms with E-state index in [2.05, 4.69) is 30.5 Å². The molecule has 0 amide bonds. The lowest BCUT2D eigenvalue weighted by molar-refractivity contribution is 0.823. The van der Waals surface area contributed by atoms with Crippen molar-refractivity contribution in [2.75, 3.05) is 0 Å². The molecule has 0 unspecified atom stereocenters. The number of aryl methyl sites for hydroxylation is 4. The number of halogens is 2. The van der Waals surface area contributed by atoms with Crippen LogP contribution < -0.4 is 5.56 Å². The smallest absolute Gasteiger partial charge is 0.291 e. The van der Waals surface area contributed by atoms with E-state index in [1.807, 2.05) is 32.0 Å². The molecule has 0 fully saturated rings. The number of aromatic nitrogens is 3. The number of aromatic amines is 1. The highest BCUT2D eigenvalue weighted by Crippen LogP contribution is 2.33. The Morgan fingerprint density at radius 2 is 1.67 bits per heavy atom. The first-order valence-electron chi connectivity index (χ1n) is 9.87. The fourth-order valence-electron chi connectivity index (χ4n) is 3.13. The van der Waals surface area contributed by atoms with Crippen molar-refractivity contribution in [1.82, 2.24) is 14.8 Å². The zero-order valence-electron chi connectivity index (χ0n) is 18.2. The van der Waals surface area contributed by atoms with E-state index >= 15 is 0 Å². The number of azo groups is 2. The summed E-state index contributed by atoms with van der Waals surface area (Å²) in [6, 6.07) is 10.8. The van der Waals surface area contributed by atoms with E-state index in [0.717, 1.165) is 11.1 Å². The van der Waals surface area contributed by atoms with Gasteiger partial charge in [0.25, 0.3) is 0 Å². The summed E-state index contributed by atoms with van der Waals surface area (Å²) in [6.45, 7) is 7.53. The number of nitrogens with one attached hydrogen (secondary N) is 1. The Bertz CT molecular complexity index is 1450. The van der Waals surface area contributed by atoms with Crippen molar-refractivity contribution in [2.45, 2.75) is 27.7 Å². The molecule has 0 spiro atoms. The van der Waals surface area contributed by atoms with Crippen molar-refractivity contribution >= 4 is 56.6 Å². The summed E-state index contributed by atoms with van der Waals surface area (Å²) in [7, 11) is 0. The maximum Gasteiger partial charge on any atom is 0.301 e. The van der Waals surface area contributed by atoms with Gasteiger partial charge in [0.15, 0.2) is 10.7 Å². The van der Waals surface area contributed by atoms with Crippen LogP contribution in [0.2, 0.25) is 10.0 Å². The van der Waals surface area contributed by atoms with Crippen LogP contribution in [0.5, 0.6) is 0 Å². The van der Waals surface area contributed by atoms with Crippen LogP contribution in [0, 0.1) is 27.7 Å². The molecule has 33 heavy (non-hydrogen) atoms. The van der Waals surface area contributed by atoms with Crippen LogP contribution >= 0.6 is 34.5 Å². The van der Waals surface area contributed by atoms with E-state index in [0.29, 0.717) is 42.9 Å². The third kappa shape index (κ3) is 5.11. The van der Waals surface area contributed by atoms with Crippen LogP contribution in [0.15, 0.2) is 61.6 Å². The third-order valence-electron chi connectivity index (χ3n) is 4.62. The van der Waals surface area contributed by atoms with E-state index in [1.54, 1.807) is 32.0 Å².